The Balaban J connectivity index is 1.11. The van der Waals surface area contributed by atoms with E-state index in [4.69, 9.17) is 10.6 Å². The van der Waals surface area contributed by atoms with Gasteiger partial charge in [-0.15, -0.1) is 0 Å². The number of nitrogens with two attached hydrogens (primary N) is 1. The minimum absolute atomic E-state index is 0.414. The number of ether oxygens (including phenoxy) is 1. The molecule has 1 aliphatic heterocycles. The largest absolute Gasteiger partial charge is 0.494 e. The summed E-state index contributed by atoms with van der Waals surface area (Å²) in [6.07, 6.45) is 12.3. The molecule has 3 N–H and O–H groups in total. The molecule has 2 saturated carbocycles. The molecular weight excluding hydrogens is 376 g/mol. The zero-order valence-electron chi connectivity index (χ0n) is 18.0. The van der Waals surface area contributed by atoms with E-state index >= 15 is 0 Å². The third-order valence-corrected chi connectivity index (χ3v) is 7.30. The van der Waals surface area contributed by atoms with E-state index in [-0.39, 0.29) is 0 Å². The van der Waals surface area contributed by atoms with Crippen LogP contribution in [-0.4, -0.2) is 36.8 Å². The summed E-state index contributed by atoms with van der Waals surface area (Å²) in [5.74, 6) is 9.60. The van der Waals surface area contributed by atoms with Crippen LogP contribution < -0.4 is 16.0 Å². The Morgan fingerprint density at radius 1 is 1.17 bits per heavy atom. The predicted molar refractivity (Wildman–Crippen MR) is 120 cm³/mol. The first-order chi connectivity index (χ1) is 14.7. The summed E-state index contributed by atoms with van der Waals surface area (Å²) in [7, 11) is 0. The molecule has 0 radical (unpaired) electrons. The molecule has 2 aliphatic carbocycles. The van der Waals surface area contributed by atoms with E-state index in [1.807, 2.05) is 24.3 Å². The molecule has 1 heterocycles. The van der Waals surface area contributed by atoms with Crippen molar-refractivity contribution >= 4 is 17.9 Å². The molecule has 2 atom stereocenters. The molecule has 0 spiro atoms. The number of piperidine rings is 1. The first kappa shape index (κ1) is 21.2. The number of amides is 1. The lowest BCUT2D eigenvalue weighted by Crippen LogP contribution is -2.39. The Kier molecular flexibility index (Phi) is 7.26. The lowest BCUT2D eigenvalue weighted by Gasteiger charge is -2.33. The van der Waals surface area contributed by atoms with Gasteiger partial charge in [-0.05, 0) is 86.5 Å². The Morgan fingerprint density at radius 2 is 1.90 bits per heavy atom. The molecule has 3 fully saturated rings. The summed E-state index contributed by atoms with van der Waals surface area (Å²) in [4.78, 5) is 18.8. The van der Waals surface area contributed by atoms with Crippen LogP contribution in [0, 0.1) is 23.7 Å². The zero-order chi connectivity index (χ0) is 20.8. The predicted octanol–water partition coefficient (Wildman–Crippen LogP) is 4.03. The van der Waals surface area contributed by atoms with E-state index in [0.29, 0.717) is 11.8 Å². The van der Waals surface area contributed by atoms with Gasteiger partial charge in [0.05, 0.1) is 12.3 Å². The van der Waals surface area contributed by atoms with Crippen LogP contribution in [0.4, 0.5) is 5.69 Å². The highest BCUT2D eigenvalue weighted by Gasteiger charge is 2.43. The number of aliphatic imine (C=N–C) groups is 1. The molecule has 0 bridgehead atoms. The molecule has 0 aromatic heterocycles. The summed E-state index contributed by atoms with van der Waals surface area (Å²) in [5.41, 5.74) is 3.24. The topological polar surface area (TPSA) is 80.0 Å². The summed E-state index contributed by atoms with van der Waals surface area (Å²) >= 11 is 0. The van der Waals surface area contributed by atoms with Gasteiger partial charge in [0.25, 0.3) is 0 Å². The zero-order valence-corrected chi connectivity index (χ0v) is 18.0. The minimum Gasteiger partial charge on any atom is -0.494 e. The average Bonchev–Trinajstić information content (AvgIpc) is 3.37. The van der Waals surface area contributed by atoms with Crippen molar-refractivity contribution < 1.29 is 9.53 Å². The molecule has 6 heteroatoms. The van der Waals surface area contributed by atoms with Gasteiger partial charge in [-0.25, -0.2) is 10.8 Å². The van der Waals surface area contributed by atoms with Gasteiger partial charge in [0.15, 0.2) is 0 Å². The molecule has 1 aromatic rings. The molecular formula is C24H36N4O2. The van der Waals surface area contributed by atoms with E-state index in [9.17, 15) is 4.79 Å². The van der Waals surface area contributed by atoms with Gasteiger partial charge in [0.2, 0.25) is 5.91 Å². The third-order valence-electron chi connectivity index (χ3n) is 7.30. The number of likely N-dealkylation sites (tertiary alicyclic amines) is 1. The molecule has 4 rings (SSSR count). The second-order valence-electron chi connectivity index (χ2n) is 9.29. The van der Waals surface area contributed by atoms with Crippen molar-refractivity contribution in [1.29, 1.82) is 0 Å². The number of rotatable bonds is 9. The van der Waals surface area contributed by atoms with Crippen LogP contribution in [0.1, 0.15) is 57.8 Å². The molecule has 3 aliphatic rings. The SMILES string of the molecule is NNC=Nc1ccc(OCCC2CC2C2CCN(C(=O)CC3CCCC3)CC2)cc1. The number of hydrogen-bond donors (Lipinski definition) is 2. The van der Waals surface area contributed by atoms with Crippen LogP contribution in [-0.2, 0) is 4.79 Å². The second-order valence-corrected chi connectivity index (χ2v) is 9.29. The number of nitrogens with one attached hydrogen (secondary N) is 1. The molecule has 1 aromatic carbocycles. The highest BCUT2D eigenvalue weighted by atomic mass is 16.5. The third kappa shape index (κ3) is 5.75. The monoisotopic (exact) mass is 412 g/mol. The summed E-state index contributed by atoms with van der Waals surface area (Å²) in [6, 6.07) is 7.74. The van der Waals surface area contributed by atoms with E-state index in [1.165, 1.54) is 51.3 Å². The van der Waals surface area contributed by atoms with Gasteiger partial charge in [-0.1, -0.05) is 12.8 Å². The van der Waals surface area contributed by atoms with Crippen LogP contribution >= 0.6 is 0 Å². The van der Waals surface area contributed by atoms with Gasteiger partial charge in [0.1, 0.15) is 12.1 Å². The van der Waals surface area contributed by atoms with Crippen LogP contribution in [0.3, 0.4) is 0 Å². The van der Waals surface area contributed by atoms with Crippen LogP contribution in [0.25, 0.3) is 0 Å². The lowest BCUT2D eigenvalue weighted by molar-refractivity contribution is -0.133. The smallest absolute Gasteiger partial charge is 0.222 e. The fourth-order valence-corrected chi connectivity index (χ4v) is 5.42. The van der Waals surface area contributed by atoms with Crippen molar-refractivity contribution in [3.63, 3.8) is 0 Å². The minimum atomic E-state index is 0.414. The Bertz CT molecular complexity index is 706. The Labute approximate surface area is 180 Å². The van der Waals surface area contributed by atoms with E-state index in [1.54, 1.807) is 0 Å². The fraction of sp³-hybridized carbons (Fsp3) is 0.667. The summed E-state index contributed by atoms with van der Waals surface area (Å²) in [5, 5.41) is 0. The normalized spacial score (nSPS) is 25.0. The quantitative estimate of drug-likeness (QED) is 0.278. The van der Waals surface area contributed by atoms with E-state index < -0.39 is 0 Å². The standard InChI is InChI=1S/C24H36N4O2/c25-27-17-26-21-5-7-22(8-6-21)30-14-11-20-16-23(20)19-9-12-28(13-10-19)24(29)15-18-3-1-2-4-18/h5-8,17-20,23H,1-4,9-16,25H2,(H,26,27). The van der Waals surface area contributed by atoms with Crippen LogP contribution in [0.15, 0.2) is 29.3 Å². The molecule has 164 valence electrons. The van der Waals surface area contributed by atoms with Crippen molar-refractivity contribution in [2.24, 2.45) is 34.5 Å². The number of benzene rings is 1. The van der Waals surface area contributed by atoms with Gasteiger partial charge >= 0.3 is 0 Å². The highest BCUT2D eigenvalue weighted by Crippen LogP contribution is 2.49. The number of carbonyl (C=O) groups is 1. The van der Waals surface area contributed by atoms with Crippen LogP contribution in [0.2, 0.25) is 0 Å². The average molecular weight is 413 g/mol. The first-order valence-corrected chi connectivity index (χ1v) is 11.7. The van der Waals surface area contributed by atoms with E-state index in [2.05, 4.69) is 15.3 Å². The maximum atomic E-state index is 12.6. The second kappa shape index (κ2) is 10.3. The van der Waals surface area contributed by atoms with Gasteiger partial charge in [-0.2, -0.15) is 0 Å². The van der Waals surface area contributed by atoms with Crippen molar-refractivity contribution in [1.82, 2.24) is 10.3 Å². The number of carbonyl (C=O) groups excluding carboxylic acids is 1. The molecule has 1 saturated heterocycles. The van der Waals surface area contributed by atoms with Crippen molar-refractivity contribution in [3.05, 3.63) is 24.3 Å². The van der Waals surface area contributed by atoms with Gasteiger partial charge in [-0.3, -0.25) is 4.79 Å². The Morgan fingerprint density at radius 3 is 2.60 bits per heavy atom. The van der Waals surface area contributed by atoms with Crippen molar-refractivity contribution in [2.45, 2.75) is 57.8 Å². The van der Waals surface area contributed by atoms with Gasteiger partial charge < -0.3 is 15.1 Å². The Hall–Kier alpha value is -2.08. The first-order valence-electron chi connectivity index (χ1n) is 11.7. The van der Waals surface area contributed by atoms with Crippen molar-refractivity contribution in [2.75, 3.05) is 19.7 Å². The summed E-state index contributed by atoms with van der Waals surface area (Å²) < 4.78 is 5.92. The van der Waals surface area contributed by atoms with Gasteiger partial charge in [0, 0.05) is 19.5 Å². The molecule has 30 heavy (non-hydrogen) atoms. The maximum Gasteiger partial charge on any atom is 0.222 e. The number of hydrazine groups is 1. The number of hydrogen-bond acceptors (Lipinski definition) is 4. The number of nitrogens with zero attached hydrogens (tertiary/aromatic N) is 2. The fourth-order valence-electron chi connectivity index (χ4n) is 5.42. The maximum absolute atomic E-state index is 12.6. The molecule has 2 unspecified atom stereocenters. The molecule has 6 nitrogen and oxygen atoms in total. The molecule has 1 amide bonds. The highest BCUT2D eigenvalue weighted by molar-refractivity contribution is 5.76. The van der Waals surface area contributed by atoms with E-state index in [0.717, 1.165) is 61.7 Å². The van der Waals surface area contributed by atoms with Crippen LogP contribution in [0.5, 0.6) is 5.75 Å². The van der Waals surface area contributed by atoms with Crippen molar-refractivity contribution in [3.8, 4) is 5.75 Å². The lowest BCUT2D eigenvalue weighted by atomic mass is 9.90. The summed E-state index contributed by atoms with van der Waals surface area (Å²) in [6.45, 7) is 2.72.